The number of carbonyl (C=O) groups excluding carboxylic acids is 1. The maximum Gasteiger partial charge on any atom is 0.293 e. The zero-order valence-corrected chi connectivity index (χ0v) is 18.5. The molecule has 0 aromatic heterocycles. The summed E-state index contributed by atoms with van der Waals surface area (Å²) in [4.78, 5) is 26.2. The van der Waals surface area contributed by atoms with Crippen molar-refractivity contribution in [2.75, 3.05) is 25.0 Å². The molecule has 2 aromatic carbocycles. The summed E-state index contributed by atoms with van der Waals surface area (Å²) in [7, 11) is 0. The quantitative estimate of drug-likeness (QED) is 0.426. The number of carbonyl (C=O) groups is 1. The number of amides is 1. The third-order valence-electron chi connectivity index (χ3n) is 5.63. The van der Waals surface area contributed by atoms with E-state index in [0.29, 0.717) is 22.8 Å². The fourth-order valence-electron chi connectivity index (χ4n) is 3.76. The lowest BCUT2D eigenvalue weighted by atomic mass is 10.0. The van der Waals surface area contributed by atoms with Crippen LogP contribution >= 0.6 is 11.6 Å². The van der Waals surface area contributed by atoms with Gasteiger partial charge in [-0.25, -0.2) is 0 Å². The van der Waals surface area contributed by atoms with Crippen molar-refractivity contribution in [3.05, 3.63) is 68.7 Å². The van der Waals surface area contributed by atoms with Crippen LogP contribution in [0.2, 0.25) is 5.02 Å². The molecule has 0 saturated carbocycles. The molecule has 7 nitrogen and oxygen atoms in total. The van der Waals surface area contributed by atoms with Gasteiger partial charge in [0.25, 0.3) is 11.6 Å². The van der Waals surface area contributed by atoms with Gasteiger partial charge in [-0.2, -0.15) is 0 Å². The first-order valence-corrected chi connectivity index (χ1v) is 11.1. The second kappa shape index (κ2) is 11.1. The third-order valence-corrected chi connectivity index (χ3v) is 6.00. The number of nitrogens with zero attached hydrogens (tertiary/aromatic N) is 2. The number of anilines is 1. The van der Waals surface area contributed by atoms with Crippen LogP contribution in [0.25, 0.3) is 0 Å². The molecule has 3 rings (SSSR count). The van der Waals surface area contributed by atoms with E-state index in [0.717, 1.165) is 38.0 Å². The minimum Gasteiger partial charge on any atom is -0.375 e. The summed E-state index contributed by atoms with van der Waals surface area (Å²) in [5.41, 5.74) is 1.36. The second-order valence-corrected chi connectivity index (χ2v) is 8.28. The predicted molar refractivity (Wildman–Crippen MR) is 124 cm³/mol. The lowest BCUT2D eigenvalue weighted by Crippen LogP contribution is -2.44. The van der Waals surface area contributed by atoms with Gasteiger partial charge in [-0.1, -0.05) is 43.1 Å². The highest BCUT2D eigenvalue weighted by molar-refractivity contribution is 6.31. The Balaban J connectivity index is 1.61. The van der Waals surface area contributed by atoms with E-state index in [1.807, 2.05) is 18.2 Å². The molecular formula is C23H29ClN4O3. The smallest absolute Gasteiger partial charge is 0.293 e. The number of hydrogen-bond acceptors (Lipinski definition) is 5. The number of hydrogen-bond donors (Lipinski definition) is 2. The average Bonchev–Trinajstić information content (AvgIpc) is 2.78. The Bertz CT molecular complexity index is 913. The molecule has 0 unspecified atom stereocenters. The maximum atomic E-state index is 12.7. The van der Waals surface area contributed by atoms with Crippen LogP contribution in [0.3, 0.4) is 0 Å². The molecule has 166 valence electrons. The third kappa shape index (κ3) is 6.42. The van der Waals surface area contributed by atoms with Crippen LogP contribution in [0, 0.1) is 10.1 Å². The highest BCUT2D eigenvalue weighted by atomic mass is 35.5. The van der Waals surface area contributed by atoms with Crippen molar-refractivity contribution in [3.8, 4) is 0 Å². The summed E-state index contributed by atoms with van der Waals surface area (Å²) in [6.07, 6.45) is 4.17. The van der Waals surface area contributed by atoms with E-state index in [4.69, 9.17) is 11.6 Å². The summed E-state index contributed by atoms with van der Waals surface area (Å²) >= 11 is 6.16. The van der Waals surface area contributed by atoms with Crippen molar-refractivity contribution in [1.29, 1.82) is 0 Å². The van der Waals surface area contributed by atoms with Crippen molar-refractivity contribution in [1.82, 2.24) is 10.2 Å². The fraction of sp³-hybridized carbons (Fsp3) is 0.435. The SMILES string of the molecule is CCCCN1CCC(NC(=O)c2ccc(NCc3ccccc3Cl)c([N+](=O)[O-])c2)CC1. The number of nitrogens with one attached hydrogen (secondary N) is 2. The number of nitro benzene ring substituents is 1. The minimum atomic E-state index is -0.474. The largest absolute Gasteiger partial charge is 0.375 e. The van der Waals surface area contributed by atoms with Gasteiger partial charge in [-0.15, -0.1) is 0 Å². The van der Waals surface area contributed by atoms with Gasteiger partial charge >= 0.3 is 0 Å². The number of unbranched alkanes of at least 4 members (excludes halogenated alkanes) is 1. The molecule has 2 N–H and O–H groups in total. The van der Waals surface area contributed by atoms with E-state index >= 15 is 0 Å². The number of halogens is 1. The van der Waals surface area contributed by atoms with Crippen LogP contribution in [-0.2, 0) is 6.54 Å². The monoisotopic (exact) mass is 444 g/mol. The van der Waals surface area contributed by atoms with E-state index in [1.165, 1.54) is 18.9 Å². The lowest BCUT2D eigenvalue weighted by Gasteiger charge is -2.32. The molecule has 31 heavy (non-hydrogen) atoms. The Labute approximate surface area is 187 Å². The van der Waals surface area contributed by atoms with Gasteiger partial charge in [0.05, 0.1) is 4.92 Å². The molecule has 0 aliphatic carbocycles. The number of nitro groups is 1. The van der Waals surface area contributed by atoms with Crippen molar-refractivity contribution < 1.29 is 9.72 Å². The summed E-state index contributed by atoms with van der Waals surface area (Å²) < 4.78 is 0. The molecule has 1 fully saturated rings. The Morgan fingerprint density at radius 3 is 2.65 bits per heavy atom. The van der Waals surface area contributed by atoms with Gasteiger partial charge in [-0.3, -0.25) is 14.9 Å². The van der Waals surface area contributed by atoms with Crippen molar-refractivity contribution >= 4 is 28.9 Å². The van der Waals surface area contributed by atoms with E-state index in [1.54, 1.807) is 18.2 Å². The Morgan fingerprint density at radius 2 is 1.97 bits per heavy atom. The Kier molecular flexibility index (Phi) is 8.26. The molecule has 0 radical (unpaired) electrons. The molecule has 0 spiro atoms. The average molecular weight is 445 g/mol. The molecule has 2 aromatic rings. The van der Waals surface area contributed by atoms with Gasteiger partial charge in [-0.05, 0) is 49.6 Å². The van der Waals surface area contributed by atoms with Crippen LogP contribution in [0.4, 0.5) is 11.4 Å². The normalized spacial score (nSPS) is 14.9. The zero-order chi connectivity index (χ0) is 22.2. The summed E-state index contributed by atoms with van der Waals surface area (Å²) in [5.74, 6) is -0.271. The number of piperidine rings is 1. The predicted octanol–water partition coefficient (Wildman–Crippen LogP) is 4.85. The Morgan fingerprint density at radius 1 is 1.23 bits per heavy atom. The number of rotatable bonds is 9. The van der Waals surface area contributed by atoms with E-state index in [2.05, 4.69) is 22.5 Å². The molecule has 8 heteroatoms. The lowest BCUT2D eigenvalue weighted by molar-refractivity contribution is -0.384. The van der Waals surface area contributed by atoms with Crippen molar-refractivity contribution in [2.45, 2.75) is 45.2 Å². The highest BCUT2D eigenvalue weighted by Crippen LogP contribution is 2.27. The zero-order valence-electron chi connectivity index (χ0n) is 17.8. The molecule has 0 bridgehead atoms. The number of benzene rings is 2. The summed E-state index contributed by atoms with van der Waals surface area (Å²) in [6, 6.07) is 12.0. The molecule has 0 atom stereocenters. The van der Waals surface area contributed by atoms with Crippen molar-refractivity contribution in [3.63, 3.8) is 0 Å². The molecule has 1 amide bonds. The van der Waals surface area contributed by atoms with E-state index in [-0.39, 0.29) is 17.6 Å². The first kappa shape index (κ1) is 23.0. The standard InChI is InChI=1S/C23H29ClN4O3/c1-2-3-12-27-13-10-19(11-14-27)26-23(29)17-8-9-21(22(15-17)28(30)31)25-16-18-6-4-5-7-20(18)24/h4-9,15,19,25H,2-3,10-14,16H2,1H3,(H,26,29). The van der Waals surface area contributed by atoms with Gasteiger partial charge in [0, 0.05) is 42.3 Å². The van der Waals surface area contributed by atoms with Gasteiger partial charge in [0.2, 0.25) is 0 Å². The molecule has 1 aliphatic heterocycles. The number of likely N-dealkylation sites (tertiary alicyclic amines) is 1. The second-order valence-electron chi connectivity index (χ2n) is 7.88. The summed E-state index contributed by atoms with van der Waals surface area (Å²) in [5, 5.41) is 18.3. The van der Waals surface area contributed by atoms with Gasteiger partial charge < -0.3 is 15.5 Å². The van der Waals surface area contributed by atoms with Crippen LogP contribution in [0.5, 0.6) is 0 Å². The first-order chi connectivity index (χ1) is 15.0. The fourth-order valence-corrected chi connectivity index (χ4v) is 3.96. The van der Waals surface area contributed by atoms with E-state index < -0.39 is 4.92 Å². The molecule has 1 saturated heterocycles. The van der Waals surface area contributed by atoms with Gasteiger partial charge in [0.15, 0.2) is 0 Å². The van der Waals surface area contributed by atoms with Crippen LogP contribution in [-0.4, -0.2) is 41.4 Å². The molecular weight excluding hydrogens is 416 g/mol. The molecule has 1 heterocycles. The highest BCUT2D eigenvalue weighted by Gasteiger charge is 2.23. The summed E-state index contributed by atoms with van der Waals surface area (Å²) in [6.45, 7) is 5.57. The minimum absolute atomic E-state index is 0.0995. The first-order valence-electron chi connectivity index (χ1n) is 10.8. The van der Waals surface area contributed by atoms with Crippen molar-refractivity contribution in [2.24, 2.45) is 0 Å². The van der Waals surface area contributed by atoms with Gasteiger partial charge in [0.1, 0.15) is 5.69 Å². The topological polar surface area (TPSA) is 87.5 Å². The maximum absolute atomic E-state index is 12.7. The van der Waals surface area contributed by atoms with Crippen LogP contribution < -0.4 is 10.6 Å². The Hall–Kier alpha value is -2.64. The van der Waals surface area contributed by atoms with Crippen LogP contribution in [0.1, 0.15) is 48.5 Å². The van der Waals surface area contributed by atoms with E-state index in [9.17, 15) is 14.9 Å². The molecule has 1 aliphatic rings. The van der Waals surface area contributed by atoms with Crippen LogP contribution in [0.15, 0.2) is 42.5 Å².